The summed E-state index contributed by atoms with van der Waals surface area (Å²) in [4.78, 5) is 22.3. The molecular weight excluding hydrogens is 302 g/mol. The first-order valence-corrected chi connectivity index (χ1v) is 8.35. The smallest absolute Gasteiger partial charge is 0.236 e. The molecule has 1 aromatic carbocycles. The fourth-order valence-electron chi connectivity index (χ4n) is 4.09. The molecule has 0 atom stereocenters. The van der Waals surface area contributed by atoms with E-state index in [0.717, 1.165) is 46.6 Å². The minimum atomic E-state index is -0.509. The van der Waals surface area contributed by atoms with Crippen LogP contribution in [0.3, 0.4) is 0 Å². The molecule has 5 rings (SSSR count). The van der Waals surface area contributed by atoms with Gasteiger partial charge in [0.1, 0.15) is 5.69 Å². The van der Waals surface area contributed by atoms with Gasteiger partial charge in [0.2, 0.25) is 5.91 Å². The van der Waals surface area contributed by atoms with Crippen molar-refractivity contribution in [3.05, 3.63) is 29.0 Å². The summed E-state index contributed by atoms with van der Waals surface area (Å²) in [7, 11) is 1.83. The molecule has 2 N–H and O–H groups in total. The van der Waals surface area contributed by atoms with E-state index in [4.69, 9.17) is 4.98 Å². The van der Waals surface area contributed by atoms with E-state index >= 15 is 0 Å². The predicted molar refractivity (Wildman–Crippen MR) is 92.1 cm³/mol. The van der Waals surface area contributed by atoms with Crippen molar-refractivity contribution in [3.63, 3.8) is 0 Å². The van der Waals surface area contributed by atoms with Crippen LogP contribution in [-0.2, 0) is 23.1 Å². The number of carbonyl (C=O) groups excluding carboxylic acids is 1. The highest BCUT2D eigenvalue weighted by atomic mass is 16.2. The average Bonchev–Trinajstić information content (AvgIpc) is 3.27. The molecule has 0 radical (unpaired) electrons. The summed E-state index contributed by atoms with van der Waals surface area (Å²) in [6.07, 6.45) is 3.29. The lowest BCUT2D eigenvalue weighted by Gasteiger charge is -2.16. The Labute approximate surface area is 139 Å². The van der Waals surface area contributed by atoms with Gasteiger partial charge in [-0.15, -0.1) is 0 Å². The Morgan fingerprint density at radius 3 is 2.92 bits per heavy atom. The third kappa shape index (κ3) is 1.58. The van der Waals surface area contributed by atoms with Crippen LogP contribution in [0, 0.1) is 0 Å². The van der Waals surface area contributed by atoms with Crippen molar-refractivity contribution in [1.82, 2.24) is 20.2 Å². The maximum absolute atomic E-state index is 12.4. The summed E-state index contributed by atoms with van der Waals surface area (Å²) in [5, 5.41) is 7.59. The number of fused-ring (bicyclic) bond motifs is 3. The Kier molecular flexibility index (Phi) is 2.44. The fraction of sp³-hybridized carbons (Fsp3) is 0.389. The highest BCUT2D eigenvalue weighted by Gasteiger charge is 2.42. The molecule has 1 aliphatic heterocycles. The largest absolute Gasteiger partial charge is 0.337 e. The lowest BCUT2D eigenvalue weighted by Crippen LogP contribution is -2.33. The van der Waals surface area contributed by atoms with Crippen molar-refractivity contribution in [2.24, 2.45) is 0 Å². The van der Waals surface area contributed by atoms with Gasteiger partial charge in [-0.25, -0.2) is 4.98 Å². The van der Waals surface area contributed by atoms with Gasteiger partial charge in [-0.2, -0.15) is 5.10 Å². The highest BCUT2D eigenvalue weighted by Crippen LogP contribution is 2.42. The van der Waals surface area contributed by atoms with E-state index in [1.165, 1.54) is 17.7 Å². The number of H-pyrrole nitrogens is 2. The number of amides is 1. The van der Waals surface area contributed by atoms with Gasteiger partial charge in [-0.1, -0.05) is 0 Å². The Morgan fingerprint density at radius 1 is 1.25 bits per heavy atom. The minimum absolute atomic E-state index is 0.121. The Balaban J connectivity index is 1.70. The number of benzene rings is 1. The molecule has 0 bridgehead atoms. The molecule has 0 fully saturated rings. The number of imidazole rings is 1. The molecule has 122 valence electrons. The molecule has 2 aromatic heterocycles. The Bertz CT molecular complexity index is 1010. The molecule has 0 unspecified atom stereocenters. The lowest BCUT2D eigenvalue weighted by atomic mass is 9.86. The first kappa shape index (κ1) is 13.8. The van der Waals surface area contributed by atoms with Crippen molar-refractivity contribution >= 4 is 22.6 Å². The van der Waals surface area contributed by atoms with Crippen LogP contribution >= 0.6 is 0 Å². The fourth-order valence-corrected chi connectivity index (χ4v) is 4.09. The van der Waals surface area contributed by atoms with Crippen molar-refractivity contribution in [3.8, 4) is 11.5 Å². The van der Waals surface area contributed by atoms with E-state index in [-0.39, 0.29) is 5.91 Å². The number of likely N-dealkylation sites (N-methyl/N-ethyl adjacent to an activating group) is 1. The molecule has 0 saturated heterocycles. The number of aryl methyl sites for hydroxylation is 1. The molecule has 3 aromatic rings. The first-order valence-electron chi connectivity index (χ1n) is 8.35. The minimum Gasteiger partial charge on any atom is -0.337 e. The number of anilines is 1. The van der Waals surface area contributed by atoms with Gasteiger partial charge in [-0.3, -0.25) is 9.89 Å². The molecule has 1 amide bonds. The van der Waals surface area contributed by atoms with Crippen LogP contribution < -0.4 is 4.90 Å². The molecule has 0 saturated carbocycles. The van der Waals surface area contributed by atoms with Crippen LogP contribution in [0.1, 0.15) is 37.1 Å². The van der Waals surface area contributed by atoms with Crippen LogP contribution in [0.2, 0.25) is 0 Å². The van der Waals surface area contributed by atoms with E-state index in [2.05, 4.69) is 15.2 Å². The molecule has 1 aliphatic carbocycles. The molecule has 6 nitrogen and oxygen atoms in total. The summed E-state index contributed by atoms with van der Waals surface area (Å²) in [6, 6.07) is 4.07. The molecule has 24 heavy (non-hydrogen) atoms. The summed E-state index contributed by atoms with van der Waals surface area (Å²) < 4.78 is 0. The van der Waals surface area contributed by atoms with Gasteiger partial charge in [0.15, 0.2) is 5.82 Å². The van der Waals surface area contributed by atoms with E-state index in [1.54, 1.807) is 4.90 Å². The second-order valence-electron chi connectivity index (χ2n) is 7.34. The Morgan fingerprint density at radius 2 is 2.08 bits per heavy atom. The van der Waals surface area contributed by atoms with Gasteiger partial charge in [-0.05, 0) is 50.8 Å². The summed E-state index contributed by atoms with van der Waals surface area (Å²) in [6.45, 7) is 3.94. The zero-order valence-corrected chi connectivity index (χ0v) is 14.0. The van der Waals surface area contributed by atoms with Gasteiger partial charge in [0.05, 0.1) is 16.4 Å². The normalized spacial score (nSPS) is 18.5. The summed E-state index contributed by atoms with van der Waals surface area (Å²) in [5.74, 6) is 0.926. The quantitative estimate of drug-likeness (QED) is 0.723. The average molecular weight is 321 g/mol. The molecule has 6 heteroatoms. The van der Waals surface area contributed by atoms with Gasteiger partial charge in [0, 0.05) is 24.0 Å². The molecule has 3 heterocycles. The maximum Gasteiger partial charge on any atom is 0.236 e. The topological polar surface area (TPSA) is 77.7 Å². The molecule has 2 aliphatic rings. The van der Waals surface area contributed by atoms with Crippen LogP contribution in [0.5, 0.6) is 0 Å². The number of nitrogens with one attached hydrogen (secondary N) is 2. The first-order chi connectivity index (χ1) is 11.5. The lowest BCUT2D eigenvalue weighted by molar-refractivity contribution is -0.121. The van der Waals surface area contributed by atoms with Crippen molar-refractivity contribution in [2.75, 3.05) is 11.9 Å². The number of hydrogen-bond donors (Lipinski definition) is 2. The van der Waals surface area contributed by atoms with E-state index in [0.29, 0.717) is 0 Å². The van der Waals surface area contributed by atoms with Gasteiger partial charge < -0.3 is 9.88 Å². The van der Waals surface area contributed by atoms with Crippen molar-refractivity contribution in [2.45, 2.75) is 38.5 Å². The summed E-state index contributed by atoms with van der Waals surface area (Å²) in [5.41, 5.74) is 6.76. The predicted octanol–water partition coefficient (Wildman–Crippen LogP) is 2.70. The summed E-state index contributed by atoms with van der Waals surface area (Å²) >= 11 is 0. The number of aromatic nitrogens is 4. The number of carbonyl (C=O) groups is 1. The third-order valence-electron chi connectivity index (χ3n) is 5.50. The monoisotopic (exact) mass is 321 g/mol. The SMILES string of the molecule is CN1C(=O)C(C)(C)c2cc3nc(-c4n[nH]c5c4CCC5)[nH]c3cc21. The van der Waals surface area contributed by atoms with Crippen LogP contribution in [-0.4, -0.2) is 33.1 Å². The van der Waals surface area contributed by atoms with Crippen molar-refractivity contribution < 1.29 is 4.79 Å². The third-order valence-corrected chi connectivity index (χ3v) is 5.50. The second-order valence-corrected chi connectivity index (χ2v) is 7.34. The van der Waals surface area contributed by atoms with Gasteiger partial charge in [0.25, 0.3) is 0 Å². The Hall–Kier alpha value is -2.63. The van der Waals surface area contributed by atoms with Crippen LogP contribution in [0.25, 0.3) is 22.6 Å². The standard InChI is InChI=1S/C18H19N5O/c1-18(2)10-7-12-13(8-14(10)23(3)17(18)24)20-16(19-12)15-9-5-4-6-11(9)21-22-15/h7-8H,4-6H2,1-3H3,(H,19,20)(H,21,22). The zero-order chi connectivity index (χ0) is 16.6. The molecule has 0 spiro atoms. The van der Waals surface area contributed by atoms with Crippen LogP contribution in [0.15, 0.2) is 12.1 Å². The highest BCUT2D eigenvalue weighted by molar-refractivity contribution is 6.09. The number of rotatable bonds is 1. The van der Waals surface area contributed by atoms with Crippen LogP contribution in [0.4, 0.5) is 5.69 Å². The van der Waals surface area contributed by atoms with E-state index < -0.39 is 5.41 Å². The van der Waals surface area contributed by atoms with Crippen molar-refractivity contribution in [1.29, 1.82) is 0 Å². The van der Waals surface area contributed by atoms with Gasteiger partial charge >= 0.3 is 0 Å². The zero-order valence-electron chi connectivity index (χ0n) is 14.0. The maximum atomic E-state index is 12.4. The number of aromatic amines is 2. The number of nitrogens with zero attached hydrogens (tertiary/aromatic N) is 3. The molecular formula is C18H19N5O. The van der Waals surface area contributed by atoms with E-state index in [9.17, 15) is 4.79 Å². The number of hydrogen-bond acceptors (Lipinski definition) is 3. The second kappa shape index (κ2) is 4.26. The van der Waals surface area contributed by atoms with E-state index in [1.807, 2.05) is 33.0 Å².